The van der Waals surface area contributed by atoms with Crippen molar-refractivity contribution in [1.82, 2.24) is 25.2 Å². The number of rotatable bonds is 6. The van der Waals surface area contributed by atoms with E-state index in [9.17, 15) is 14.0 Å². The lowest BCUT2D eigenvalue weighted by molar-refractivity contribution is 0.0429. The van der Waals surface area contributed by atoms with Gasteiger partial charge in [0, 0.05) is 16.2 Å². The van der Waals surface area contributed by atoms with E-state index in [0.717, 1.165) is 4.68 Å². The van der Waals surface area contributed by atoms with Gasteiger partial charge in [0.05, 0.1) is 18.3 Å². The Morgan fingerprint density at radius 2 is 1.62 bits per heavy atom. The molecule has 0 aliphatic carbocycles. The molecule has 2 amide bonds. The van der Waals surface area contributed by atoms with Crippen LogP contribution in [0.1, 0.15) is 61.0 Å². The summed E-state index contributed by atoms with van der Waals surface area (Å²) in [7, 11) is 0. The molecule has 0 aliphatic rings. The average molecular weight is 625 g/mol. The van der Waals surface area contributed by atoms with Crippen molar-refractivity contribution in [2.24, 2.45) is 0 Å². The van der Waals surface area contributed by atoms with Gasteiger partial charge in [-0.2, -0.15) is 9.58 Å². The van der Waals surface area contributed by atoms with Crippen LogP contribution in [-0.4, -0.2) is 54.7 Å². The highest BCUT2D eigenvalue weighted by atomic mass is 79.9. The number of carbonyl (C=O) groups is 2. The molecule has 1 aromatic carbocycles. The molecule has 0 atom stereocenters. The summed E-state index contributed by atoms with van der Waals surface area (Å²) in [5.74, 6) is -2.76. The second-order valence-electron chi connectivity index (χ2n) is 11.0. The van der Waals surface area contributed by atoms with Gasteiger partial charge in [0.2, 0.25) is 0 Å². The van der Waals surface area contributed by atoms with Gasteiger partial charge in [-0.1, -0.05) is 6.07 Å². The summed E-state index contributed by atoms with van der Waals surface area (Å²) in [5, 5.41) is 11.4. The van der Waals surface area contributed by atoms with E-state index in [0.29, 0.717) is 9.37 Å². The lowest BCUT2D eigenvalue weighted by atomic mass is 10.1. The molecule has 11 nitrogen and oxygen atoms in total. The van der Waals surface area contributed by atoms with E-state index in [2.05, 4.69) is 36.4 Å². The number of imide groups is 1. The number of aromatic nitrogens is 5. The van der Waals surface area contributed by atoms with E-state index in [4.69, 9.17) is 14.2 Å². The topological polar surface area (TPSA) is 122 Å². The fourth-order valence-electron chi connectivity index (χ4n) is 3.27. The summed E-state index contributed by atoms with van der Waals surface area (Å²) in [6.45, 7) is 13.2. The smallest absolute Gasteiger partial charge is 0.425 e. The number of carbonyl (C=O) groups excluding carboxylic acids is 2. The SMILES string of the molecule is CC(C)OCc1ccc(-n2nnnc2-c2cc(Br)cnc2N(C(=O)OC(C)(C)C)C(=O)OC(C)(C)C)c(F)c1F. The molecule has 0 saturated heterocycles. The predicted molar refractivity (Wildman–Crippen MR) is 145 cm³/mol. The van der Waals surface area contributed by atoms with Crippen LogP contribution in [0.4, 0.5) is 24.2 Å². The zero-order valence-electron chi connectivity index (χ0n) is 23.5. The van der Waals surface area contributed by atoms with Gasteiger partial charge in [-0.05, 0) is 93.9 Å². The molecule has 3 rings (SSSR count). The van der Waals surface area contributed by atoms with Crippen LogP contribution >= 0.6 is 15.9 Å². The first kappa shape index (κ1) is 31.0. The molecular formula is C26H31BrF2N6O5. The van der Waals surface area contributed by atoms with Crippen molar-refractivity contribution in [3.63, 3.8) is 0 Å². The molecule has 2 aromatic heterocycles. The van der Waals surface area contributed by atoms with Crippen molar-refractivity contribution < 1.29 is 32.6 Å². The Morgan fingerprint density at radius 1 is 1.02 bits per heavy atom. The number of nitrogens with zero attached hydrogens (tertiary/aromatic N) is 6. The van der Waals surface area contributed by atoms with Crippen LogP contribution in [0, 0.1) is 11.6 Å². The van der Waals surface area contributed by atoms with Crippen molar-refractivity contribution in [2.45, 2.75) is 79.3 Å². The minimum Gasteiger partial charge on any atom is -0.443 e. The van der Waals surface area contributed by atoms with E-state index in [1.165, 1.54) is 24.4 Å². The highest BCUT2D eigenvalue weighted by molar-refractivity contribution is 9.10. The number of benzene rings is 1. The molecule has 0 saturated carbocycles. The summed E-state index contributed by atoms with van der Waals surface area (Å²) in [4.78, 5) is 31.4. The van der Waals surface area contributed by atoms with Crippen molar-refractivity contribution in [3.8, 4) is 17.1 Å². The van der Waals surface area contributed by atoms with E-state index in [1.54, 1.807) is 55.4 Å². The largest absolute Gasteiger partial charge is 0.443 e. The molecule has 0 fully saturated rings. The maximum absolute atomic E-state index is 15.3. The highest BCUT2D eigenvalue weighted by Gasteiger charge is 2.36. The fourth-order valence-corrected chi connectivity index (χ4v) is 3.60. The number of tetrazole rings is 1. The van der Waals surface area contributed by atoms with Crippen LogP contribution in [0.5, 0.6) is 0 Å². The van der Waals surface area contributed by atoms with E-state index in [1.807, 2.05) is 0 Å². The van der Waals surface area contributed by atoms with E-state index in [-0.39, 0.29) is 41.2 Å². The molecule has 2 heterocycles. The van der Waals surface area contributed by atoms with Gasteiger partial charge in [0.1, 0.15) is 16.9 Å². The number of hydrogen-bond donors (Lipinski definition) is 0. The van der Waals surface area contributed by atoms with E-state index < -0.39 is 35.0 Å². The number of hydrogen-bond acceptors (Lipinski definition) is 9. The van der Waals surface area contributed by atoms with Gasteiger partial charge in [-0.25, -0.2) is 23.4 Å². The Kier molecular flexibility index (Phi) is 9.24. The third kappa shape index (κ3) is 7.56. The molecule has 0 spiro atoms. The van der Waals surface area contributed by atoms with Crippen molar-refractivity contribution >= 4 is 33.9 Å². The Balaban J connectivity index is 2.18. The maximum Gasteiger partial charge on any atom is 0.425 e. The van der Waals surface area contributed by atoms with Crippen LogP contribution in [0.2, 0.25) is 0 Å². The fraction of sp³-hybridized carbons (Fsp3) is 0.462. The number of halogens is 3. The number of amides is 2. The highest BCUT2D eigenvalue weighted by Crippen LogP contribution is 2.34. The minimum atomic E-state index is -1.22. The second kappa shape index (κ2) is 11.9. The molecular weight excluding hydrogens is 594 g/mol. The van der Waals surface area contributed by atoms with Crippen LogP contribution in [0.25, 0.3) is 17.1 Å². The van der Waals surface area contributed by atoms with Gasteiger partial charge in [-0.3, -0.25) is 0 Å². The van der Waals surface area contributed by atoms with Gasteiger partial charge in [0.15, 0.2) is 23.3 Å². The van der Waals surface area contributed by atoms with E-state index >= 15 is 4.39 Å². The van der Waals surface area contributed by atoms with Crippen LogP contribution in [-0.2, 0) is 20.8 Å². The number of anilines is 1. The summed E-state index contributed by atoms with van der Waals surface area (Å²) >= 11 is 3.31. The first-order valence-electron chi connectivity index (χ1n) is 12.3. The van der Waals surface area contributed by atoms with Gasteiger partial charge >= 0.3 is 12.2 Å². The molecule has 14 heteroatoms. The zero-order valence-corrected chi connectivity index (χ0v) is 25.0. The Hall–Kier alpha value is -3.52. The van der Waals surface area contributed by atoms with Crippen LogP contribution < -0.4 is 4.90 Å². The molecule has 216 valence electrons. The number of ether oxygens (including phenoxy) is 3. The number of pyridine rings is 1. The second-order valence-corrected chi connectivity index (χ2v) is 11.9. The summed E-state index contributed by atoms with van der Waals surface area (Å²) in [6.07, 6.45) is -1.01. The van der Waals surface area contributed by atoms with Crippen LogP contribution in [0.3, 0.4) is 0 Å². The summed E-state index contributed by atoms with van der Waals surface area (Å²) in [5.41, 5.74) is -2.25. The summed E-state index contributed by atoms with van der Waals surface area (Å²) in [6, 6.07) is 4.11. The van der Waals surface area contributed by atoms with Crippen molar-refractivity contribution in [3.05, 3.63) is 46.1 Å². The van der Waals surface area contributed by atoms with Crippen molar-refractivity contribution in [1.29, 1.82) is 0 Å². The van der Waals surface area contributed by atoms with Crippen molar-refractivity contribution in [2.75, 3.05) is 4.90 Å². The third-order valence-electron chi connectivity index (χ3n) is 4.85. The van der Waals surface area contributed by atoms with Gasteiger partial charge in [-0.15, -0.1) is 5.10 Å². The minimum absolute atomic E-state index is 0.00964. The molecule has 0 N–H and O–H groups in total. The molecule has 40 heavy (non-hydrogen) atoms. The normalized spacial score (nSPS) is 12.0. The monoisotopic (exact) mass is 624 g/mol. The first-order valence-corrected chi connectivity index (χ1v) is 13.1. The predicted octanol–water partition coefficient (Wildman–Crippen LogP) is 6.37. The molecule has 0 aliphatic heterocycles. The maximum atomic E-state index is 15.3. The van der Waals surface area contributed by atoms with Crippen LogP contribution in [0.15, 0.2) is 28.9 Å². The summed E-state index contributed by atoms with van der Waals surface area (Å²) < 4.78 is 47.9. The average Bonchev–Trinajstić information content (AvgIpc) is 3.28. The lowest BCUT2D eigenvalue weighted by Crippen LogP contribution is -2.44. The Labute approximate surface area is 238 Å². The standard InChI is InChI=1S/C26H31BrF2N6O5/c1-14(2)38-13-15-9-10-18(20(29)19(15)28)35-22(31-32-33-35)17-11-16(27)12-30-21(17)34(23(36)39-25(3,4)5)24(37)40-26(6,7)8/h9-12,14H,13H2,1-8H3. The molecule has 3 aromatic rings. The quantitative estimate of drug-likeness (QED) is 0.308. The molecule has 0 bridgehead atoms. The Morgan fingerprint density at radius 3 is 2.17 bits per heavy atom. The molecule has 0 radical (unpaired) electrons. The van der Waals surface area contributed by atoms with Gasteiger partial charge in [0.25, 0.3) is 0 Å². The zero-order chi connectivity index (χ0) is 30.0. The third-order valence-corrected chi connectivity index (χ3v) is 5.28. The molecule has 0 unspecified atom stereocenters. The first-order chi connectivity index (χ1) is 18.5. The van der Waals surface area contributed by atoms with Gasteiger partial charge < -0.3 is 14.2 Å². The lowest BCUT2D eigenvalue weighted by Gasteiger charge is -2.28. The Bertz CT molecular complexity index is 1370.